The smallest absolute Gasteiger partial charge is 0.317 e. The van der Waals surface area contributed by atoms with Crippen molar-refractivity contribution in [2.24, 2.45) is 5.41 Å². The Balaban J connectivity index is 2.12. The molecule has 0 aliphatic carbocycles. The van der Waals surface area contributed by atoms with Crippen molar-refractivity contribution in [1.29, 1.82) is 0 Å². The molecule has 0 saturated carbocycles. The van der Waals surface area contributed by atoms with Crippen LogP contribution in [0.4, 0.5) is 0 Å². The molecule has 0 fully saturated rings. The maximum Gasteiger partial charge on any atom is 0.317 e. The van der Waals surface area contributed by atoms with Gasteiger partial charge in [-0.1, -0.05) is 29.8 Å². The third-order valence-corrected chi connectivity index (χ3v) is 5.37. The fraction of sp³-hybridized carbons (Fsp3) is 0.348. The van der Waals surface area contributed by atoms with Crippen molar-refractivity contribution >= 4 is 11.7 Å². The minimum Gasteiger partial charge on any atom is -0.497 e. The van der Waals surface area contributed by atoms with Gasteiger partial charge in [-0.05, 0) is 62.2 Å². The molecule has 3 rings (SSSR count). The number of aryl methyl sites for hydroxylation is 1. The van der Waals surface area contributed by atoms with Crippen molar-refractivity contribution in [3.05, 3.63) is 71.3 Å². The number of nitrogens with zero attached hydrogens (tertiary/aromatic N) is 1. The van der Waals surface area contributed by atoms with Crippen LogP contribution in [0.5, 0.6) is 5.75 Å². The van der Waals surface area contributed by atoms with E-state index in [1.807, 2.05) is 31.2 Å². The predicted octanol–water partition coefficient (Wildman–Crippen LogP) is 4.60. The Morgan fingerprint density at radius 1 is 1.07 bits per heavy atom. The Labute approximate surface area is 161 Å². The molecule has 27 heavy (non-hydrogen) atoms. The SMILES string of the molecule is CCN1C(c2ccc(OC)cc2)=C[C@@](C)(C(=O)OC)[C@@H]1c1ccc(C)cc1. The number of carbonyl (C=O) groups is 1. The second kappa shape index (κ2) is 7.47. The Morgan fingerprint density at radius 2 is 1.70 bits per heavy atom. The van der Waals surface area contributed by atoms with Gasteiger partial charge in [0.05, 0.1) is 20.3 Å². The van der Waals surface area contributed by atoms with Crippen LogP contribution in [0.3, 0.4) is 0 Å². The molecule has 0 bridgehead atoms. The summed E-state index contributed by atoms with van der Waals surface area (Å²) in [4.78, 5) is 15.1. The lowest BCUT2D eigenvalue weighted by Crippen LogP contribution is -2.37. The van der Waals surface area contributed by atoms with Gasteiger partial charge < -0.3 is 14.4 Å². The summed E-state index contributed by atoms with van der Waals surface area (Å²) in [5.41, 5.74) is 3.63. The molecule has 0 aromatic heterocycles. The Hall–Kier alpha value is -2.75. The monoisotopic (exact) mass is 365 g/mol. The molecule has 0 unspecified atom stereocenters. The summed E-state index contributed by atoms with van der Waals surface area (Å²) in [5.74, 6) is 0.584. The van der Waals surface area contributed by atoms with E-state index in [1.165, 1.54) is 12.7 Å². The van der Waals surface area contributed by atoms with Crippen LogP contribution in [0.25, 0.3) is 5.70 Å². The van der Waals surface area contributed by atoms with E-state index in [-0.39, 0.29) is 12.0 Å². The Morgan fingerprint density at radius 3 is 2.22 bits per heavy atom. The second-order valence-corrected chi connectivity index (χ2v) is 7.13. The van der Waals surface area contributed by atoms with E-state index in [0.717, 1.165) is 29.1 Å². The van der Waals surface area contributed by atoms with Crippen molar-refractivity contribution in [3.63, 3.8) is 0 Å². The summed E-state index contributed by atoms with van der Waals surface area (Å²) in [5, 5.41) is 0. The Kier molecular flexibility index (Phi) is 5.26. The van der Waals surface area contributed by atoms with Crippen LogP contribution in [0, 0.1) is 12.3 Å². The van der Waals surface area contributed by atoms with Gasteiger partial charge in [0, 0.05) is 12.2 Å². The normalized spacial score (nSPS) is 21.7. The topological polar surface area (TPSA) is 38.8 Å². The molecule has 0 radical (unpaired) electrons. The molecule has 4 nitrogen and oxygen atoms in total. The van der Waals surface area contributed by atoms with E-state index < -0.39 is 5.41 Å². The minimum absolute atomic E-state index is 0.118. The summed E-state index contributed by atoms with van der Waals surface area (Å²) in [6.07, 6.45) is 2.05. The largest absolute Gasteiger partial charge is 0.497 e. The van der Waals surface area contributed by atoms with Gasteiger partial charge in [-0.25, -0.2) is 0 Å². The molecule has 0 amide bonds. The number of rotatable bonds is 5. The maximum atomic E-state index is 12.8. The highest BCUT2D eigenvalue weighted by molar-refractivity contribution is 5.86. The fourth-order valence-electron chi connectivity index (χ4n) is 3.94. The van der Waals surface area contributed by atoms with Crippen LogP contribution >= 0.6 is 0 Å². The lowest BCUT2D eigenvalue weighted by Gasteiger charge is -2.36. The summed E-state index contributed by atoms with van der Waals surface area (Å²) in [6, 6.07) is 16.2. The zero-order valence-electron chi connectivity index (χ0n) is 16.7. The van der Waals surface area contributed by atoms with E-state index in [0.29, 0.717) is 0 Å². The van der Waals surface area contributed by atoms with E-state index >= 15 is 0 Å². The zero-order chi connectivity index (χ0) is 19.6. The molecule has 2 aromatic carbocycles. The van der Waals surface area contributed by atoms with Crippen molar-refractivity contribution in [3.8, 4) is 5.75 Å². The molecule has 0 saturated heterocycles. The van der Waals surface area contributed by atoms with Gasteiger partial charge in [-0.2, -0.15) is 0 Å². The predicted molar refractivity (Wildman–Crippen MR) is 107 cm³/mol. The summed E-state index contributed by atoms with van der Waals surface area (Å²) >= 11 is 0. The average Bonchev–Trinajstić information content (AvgIpc) is 3.01. The standard InChI is InChI=1S/C23H27NO3/c1-6-24-20(17-11-13-19(26-4)14-12-17)15-23(3,22(25)27-5)21(24)18-9-7-16(2)8-10-18/h7-15,21H,6H2,1-5H3/t21-,23+/m0/s1. The van der Waals surface area contributed by atoms with E-state index in [2.05, 4.69) is 49.1 Å². The van der Waals surface area contributed by atoms with Crippen LogP contribution in [-0.4, -0.2) is 31.6 Å². The summed E-state index contributed by atoms with van der Waals surface area (Å²) in [6.45, 7) is 6.92. The van der Waals surface area contributed by atoms with Gasteiger partial charge in [-0.3, -0.25) is 4.79 Å². The number of carbonyl (C=O) groups excluding carboxylic acids is 1. The quantitative estimate of drug-likeness (QED) is 0.726. The van der Waals surface area contributed by atoms with Gasteiger partial charge in [-0.15, -0.1) is 0 Å². The summed E-state index contributed by atoms with van der Waals surface area (Å²) in [7, 11) is 3.11. The lowest BCUT2D eigenvalue weighted by atomic mass is 9.80. The minimum atomic E-state index is -0.769. The van der Waals surface area contributed by atoms with Gasteiger partial charge in [0.25, 0.3) is 0 Å². The number of hydrogen-bond donors (Lipinski definition) is 0. The highest BCUT2D eigenvalue weighted by Gasteiger charge is 2.50. The first-order chi connectivity index (χ1) is 12.9. The third kappa shape index (κ3) is 3.32. The average molecular weight is 365 g/mol. The third-order valence-electron chi connectivity index (χ3n) is 5.37. The van der Waals surface area contributed by atoms with Gasteiger partial charge in [0.1, 0.15) is 11.2 Å². The van der Waals surface area contributed by atoms with Crippen molar-refractivity contribution in [2.75, 3.05) is 20.8 Å². The van der Waals surface area contributed by atoms with Crippen LogP contribution in [-0.2, 0) is 9.53 Å². The van der Waals surface area contributed by atoms with Crippen molar-refractivity contribution in [2.45, 2.75) is 26.8 Å². The number of ether oxygens (including phenoxy) is 2. The Bertz CT molecular complexity index is 839. The first kappa shape index (κ1) is 19.0. The van der Waals surface area contributed by atoms with Crippen LogP contribution in [0.15, 0.2) is 54.6 Å². The number of hydrogen-bond acceptors (Lipinski definition) is 4. The molecular weight excluding hydrogens is 338 g/mol. The van der Waals surface area contributed by atoms with Crippen molar-refractivity contribution in [1.82, 2.24) is 4.90 Å². The van der Waals surface area contributed by atoms with E-state index in [4.69, 9.17) is 9.47 Å². The number of esters is 1. The fourth-order valence-corrected chi connectivity index (χ4v) is 3.94. The number of benzene rings is 2. The molecule has 0 N–H and O–H groups in total. The van der Waals surface area contributed by atoms with Crippen LogP contribution in [0.2, 0.25) is 0 Å². The first-order valence-corrected chi connectivity index (χ1v) is 9.23. The number of methoxy groups -OCH3 is 2. The zero-order valence-corrected chi connectivity index (χ0v) is 16.7. The van der Waals surface area contributed by atoms with Crippen LogP contribution < -0.4 is 4.74 Å². The second-order valence-electron chi connectivity index (χ2n) is 7.13. The van der Waals surface area contributed by atoms with Gasteiger partial charge >= 0.3 is 5.97 Å². The molecule has 142 valence electrons. The molecular formula is C23H27NO3. The van der Waals surface area contributed by atoms with Crippen molar-refractivity contribution < 1.29 is 14.3 Å². The molecule has 1 aliphatic heterocycles. The molecule has 1 heterocycles. The molecule has 4 heteroatoms. The van der Waals surface area contributed by atoms with Crippen LogP contribution in [0.1, 0.15) is 36.6 Å². The van der Waals surface area contributed by atoms with Gasteiger partial charge in [0.15, 0.2) is 0 Å². The maximum absolute atomic E-state index is 12.8. The van der Waals surface area contributed by atoms with Gasteiger partial charge in [0.2, 0.25) is 0 Å². The molecule has 2 atom stereocenters. The van der Waals surface area contributed by atoms with E-state index in [9.17, 15) is 4.79 Å². The first-order valence-electron chi connectivity index (χ1n) is 9.23. The van der Waals surface area contributed by atoms with E-state index in [1.54, 1.807) is 7.11 Å². The molecule has 0 spiro atoms. The highest BCUT2D eigenvalue weighted by atomic mass is 16.5. The highest BCUT2D eigenvalue weighted by Crippen LogP contribution is 2.51. The summed E-state index contributed by atoms with van der Waals surface area (Å²) < 4.78 is 10.5. The lowest BCUT2D eigenvalue weighted by molar-refractivity contribution is -0.151. The molecule has 1 aliphatic rings. The molecule has 2 aromatic rings.